The van der Waals surface area contributed by atoms with E-state index in [0.29, 0.717) is 0 Å². The van der Waals surface area contributed by atoms with Crippen molar-refractivity contribution >= 4 is 5.97 Å². The third-order valence-electron chi connectivity index (χ3n) is 6.30. The van der Waals surface area contributed by atoms with E-state index in [2.05, 4.69) is 20.8 Å². The fourth-order valence-electron chi connectivity index (χ4n) is 4.12. The van der Waals surface area contributed by atoms with Crippen LogP contribution in [0.2, 0.25) is 0 Å². The Morgan fingerprint density at radius 3 is 1.22 bits per heavy atom. The normalized spacial score (nSPS) is 11.8. The second-order valence-corrected chi connectivity index (χ2v) is 8.55. The van der Waals surface area contributed by atoms with E-state index in [1.807, 2.05) is 0 Å². The summed E-state index contributed by atoms with van der Waals surface area (Å²) in [6.45, 7) is 9.70. The molecule has 0 saturated carbocycles. The molecule has 27 heavy (non-hydrogen) atoms. The maximum atomic E-state index is 11.1. The molecule has 0 rings (SSSR count). The number of carbonyl (C=O) groups is 1. The van der Waals surface area contributed by atoms with Crippen LogP contribution in [0.15, 0.2) is 0 Å². The quantitative estimate of drug-likeness (QED) is 0.168. The van der Waals surface area contributed by atoms with Crippen LogP contribution >= 0.6 is 0 Å². The van der Waals surface area contributed by atoms with Crippen molar-refractivity contribution in [1.29, 1.82) is 0 Å². The SMILES string of the molecule is CCCCCCCCCCCCCCCCCC[N+](CC)(CC)CC(=O)O. The molecule has 0 aliphatic heterocycles. The molecule has 0 aromatic heterocycles. The van der Waals surface area contributed by atoms with E-state index in [0.717, 1.165) is 24.1 Å². The summed E-state index contributed by atoms with van der Waals surface area (Å²) >= 11 is 0. The largest absolute Gasteiger partial charge is 0.477 e. The molecule has 0 amide bonds. The molecule has 0 unspecified atom stereocenters. The minimum Gasteiger partial charge on any atom is -0.477 e. The Morgan fingerprint density at radius 1 is 0.593 bits per heavy atom. The molecule has 0 spiro atoms. The number of hydrogen-bond donors (Lipinski definition) is 1. The Labute approximate surface area is 170 Å². The zero-order valence-corrected chi connectivity index (χ0v) is 18.9. The van der Waals surface area contributed by atoms with Gasteiger partial charge < -0.3 is 9.59 Å². The zero-order chi connectivity index (χ0) is 20.2. The average molecular weight is 385 g/mol. The van der Waals surface area contributed by atoms with Gasteiger partial charge in [0.2, 0.25) is 0 Å². The lowest BCUT2D eigenvalue weighted by atomic mass is 10.0. The topological polar surface area (TPSA) is 37.3 Å². The monoisotopic (exact) mass is 384 g/mol. The maximum Gasteiger partial charge on any atom is 0.359 e. The van der Waals surface area contributed by atoms with Gasteiger partial charge in [-0.05, 0) is 26.7 Å². The molecule has 0 radical (unpaired) electrons. The van der Waals surface area contributed by atoms with Gasteiger partial charge in [0, 0.05) is 0 Å². The van der Waals surface area contributed by atoms with Crippen LogP contribution in [0.4, 0.5) is 0 Å². The average Bonchev–Trinajstić information content (AvgIpc) is 2.66. The smallest absolute Gasteiger partial charge is 0.359 e. The van der Waals surface area contributed by atoms with E-state index in [1.165, 1.54) is 103 Å². The number of aliphatic carboxylic acids is 1. The molecule has 0 saturated heterocycles. The van der Waals surface area contributed by atoms with E-state index in [1.54, 1.807) is 0 Å². The van der Waals surface area contributed by atoms with Gasteiger partial charge in [-0.2, -0.15) is 0 Å². The standard InChI is InChI=1S/C24H49NO2/c1-4-7-8-9-10-11-12-13-14-15-16-17-18-19-20-21-22-25(5-2,6-3)23-24(26)27/h4-23H2,1-3H3/p+1. The first kappa shape index (κ1) is 26.4. The van der Waals surface area contributed by atoms with Crippen LogP contribution in [0.5, 0.6) is 0 Å². The second-order valence-electron chi connectivity index (χ2n) is 8.55. The summed E-state index contributed by atoms with van der Waals surface area (Å²) < 4.78 is 0.744. The molecule has 0 bridgehead atoms. The summed E-state index contributed by atoms with van der Waals surface area (Å²) in [5.74, 6) is -0.657. The van der Waals surface area contributed by atoms with E-state index in [-0.39, 0.29) is 6.54 Å². The molecular weight excluding hydrogens is 334 g/mol. The number of likely N-dealkylation sites (N-methyl/N-ethyl adjacent to an activating group) is 1. The molecule has 3 heteroatoms. The molecular formula is C24H50NO2+. The van der Waals surface area contributed by atoms with Crippen LogP contribution in [0.3, 0.4) is 0 Å². The summed E-state index contributed by atoms with van der Waals surface area (Å²) in [6, 6.07) is 0. The fourth-order valence-corrected chi connectivity index (χ4v) is 4.12. The molecule has 0 heterocycles. The molecule has 0 atom stereocenters. The van der Waals surface area contributed by atoms with Gasteiger partial charge >= 0.3 is 5.97 Å². The van der Waals surface area contributed by atoms with Gasteiger partial charge in [0.1, 0.15) is 0 Å². The number of nitrogens with zero attached hydrogens (tertiary/aromatic N) is 1. The van der Waals surface area contributed by atoms with Crippen molar-refractivity contribution in [3.63, 3.8) is 0 Å². The minimum atomic E-state index is -0.657. The van der Waals surface area contributed by atoms with Gasteiger partial charge in [0.05, 0.1) is 19.6 Å². The Balaban J connectivity index is 3.38. The number of hydrogen-bond acceptors (Lipinski definition) is 1. The molecule has 0 aliphatic rings. The summed E-state index contributed by atoms with van der Waals surface area (Å²) in [7, 11) is 0. The number of carboxylic acids is 1. The zero-order valence-electron chi connectivity index (χ0n) is 18.9. The van der Waals surface area contributed by atoms with E-state index in [9.17, 15) is 4.79 Å². The van der Waals surface area contributed by atoms with Crippen LogP contribution in [0.1, 0.15) is 124 Å². The summed E-state index contributed by atoms with van der Waals surface area (Å²) in [5.41, 5.74) is 0. The van der Waals surface area contributed by atoms with Gasteiger partial charge in [-0.25, -0.2) is 4.79 Å². The van der Waals surface area contributed by atoms with Crippen molar-refractivity contribution in [2.24, 2.45) is 0 Å². The van der Waals surface area contributed by atoms with Gasteiger partial charge in [0.25, 0.3) is 0 Å². The van der Waals surface area contributed by atoms with Gasteiger partial charge in [-0.15, -0.1) is 0 Å². The fraction of sp³-hybridized carbons (Fsp3) is 0.958. The van der Waals surface area contributed by atoms with Crippen molar-refractivity contribution in [2.45, 2.75) is 124 Å². The predicted molar refractivity (Wildman–Crippen MR) is 118 cm³/mol. The summed E-state index contributed by atoms with van der Waals surface area (Å²) in [6.07, 6.45) is 22.2. The highest BCUT2D eigenvalue weighted by atomic mass is 16.4. The van der Waals surface area contributed by atoms with Crippen LogP contribution in [0.25, 0.3) is 0 Å². The molecule has 0 fully saturated rings. The lowest BCUT2D eigenvalue weighted by Gasteiger charge is -2.35. The van der Waals surface area contributed by atoms with E-state index < -0.39 is 5.97 Å². The second kappa shape index (κ2) is 18.8. The maximum absolute atomic E-state index is 11.1. The van der Waals surface area contributed by atoms with Gasteiger partial charge in [-0.1, -0.05) is 96.8 Å². The molecule has 0 aromatic rings. The van der Waals surface area contributed by atoms with Crippen molar-refractivity contribution in [2.75, 3.05) is 26.2 Å². The highest BCUT2D eigenvalue weighted by Crippen LogP contribution is 2.15. The van der Waals surface area contributed by atoms with Gasteiger partial charge in [0.15, 0.2) is 6.54 Å². The Kier molecular flexibility index (Phi) is 18.4. The Hall–Kier alpha value is -0.570. The third-order valence-corrected chi connectivity index (χ3v) is 6.30. The Morgan fingerprint density at radius 2 is 0.926 bits per heavy atom. The van der Waals surface area contributed by atoms with Crippen LogP contribution in [-0.2, 0) is 4.79 Å². The summed E-state index contributed by atoms with van der Waals surface area (Å²) in [4.78, 5) is 11.1. The van der Waals surface area contributed by atoms with Crippen molar-refractivity contribution < 1.29 is 14.4 Å². The number of unbranched alkanes of at least 4 members (excludes halogenated alkanes) is 15. The molecule has 3 nitrogen and oxygen atoms in total. The van der Waals surface area contributed by atoms with E-state index >= 15 is 0 Å². The lowest BCUT2D eigenvalue weighted by molar-refractivity contribution is -0.918. The molecule has 1 N–H and O–H groups in total. The van der Waals surface area contributed by atoms with E-state index in [4.69, 9.17) is 5.11 Å². The van der Waals surface area contributed by atoms with Gasteiger partial charge in [-0.3, -0.25) is 0 Å². The lowest BCUT2D eigenvalue weighted by Crippen LogP contribution is -2.51. The molecule has 162 valence electrons. The van der Waals surface area contributed by atoms with Crippen molar-refractivity contribution in [3.05, 3.63) is 0 Å². The number of carboxylic acid groups (broad SMARTS) is 1. The predicted octanol–water partition coefficient (Wildman–Crippen LogP) is 7.19. The first-order valence-corrected chi connectivity index (χ1v) is 12.2. The minimum absolute atomic E-state index is 0.283. The highest BCUT2D eigenvalue weighted by Gasteiger charge is 2.25. The van der Waals surface area contributed by atoms with Crippen LogP contribution in [-0.4, -0.2) is 41.7 Å². The van der Waals surface area contributed by atoms with Crippen LogP contribution in [0, 0.1) is 0 Å². The molecule has 0 aromatic carbocycles. The Bertz CT molecular complexity index is 326. The number of rotatable bonds is 21. The third kappa shape index (κ3) is 16.1. The number of quaternary nitrogens is 1. The first-order chi connectivity index (χ1) is 13.1. The van der Waals surface area contributed by atoms with Crippen molar-refractivity contribution in [3.8, 4) is 0 Å². The summed E-state index contributed by atoms with van der Waals surface area (Å²) in [5, 5.41) is 9.13. The first-order valence-electron chi connectivity index (χ1n) is 12.2. The van der Waals surface area contributed by atoms with Crippen molar-refractivity contribution in [1.82, 2.24) is 0 Å². The molecule has 0 aliphatic carbocycles. The highest BCUT2D eigenvalue weighted by molar-refractivity contribution is 5.67. The van der Waals surface area contributed by atoms with Crippen LogP contribution < -0.4 is 0 Å².